The van der Waals surface area contributed by atoms with E-state index in [1.165, 1.54) is 16.8 Å². The van der Waals surface area contributed by atoms with E-state index in [1.807, 2.05) is 0 Å². The number of nitrogens with zero attached hydrogens (tertiary/aromatic N) is 3. The van der Waals surface area contributed by atoms with Crippen molar-refractivity contribution in [2.75, 3.05) is 11.5 Å². The monoisotopic (exact) mass is 785 g/mol. The lowest BCUT2D eigenvalue weighted by Gasteiger charge is -2.44. The van der Waals surface area contributed by atoms with Crippen LogP contribution in [0.5, 0.6) is 0 Å². The van der Waals surface area contributed by atoms with Gasteiger partial charge in [-0.1, -0.05) is 62.3 Å². The Morgan fingerprint density at radius 1 is 0.712 bits per heavy atom. The fraction of sp³-hybridized carbons (Fsp3) is 0.838. The van der Waals surface area contributed by atoms with Crippen molar-refractivity contribution in [3.63, 3.8) is 0 Å². The van der Waals surface area contributed by atoms with Crippen LogP contribution in [0.2, 0.25) is 54.4 Å². The first-order valence-corrected chi connectivity index (χ1v) is 27.1. The van der Waals surface area contributed by atoms with E-state index in [1.54, 1.807) is 41.5 Å². The van der Waals surface area contributed by atoms with E-state index < -0.39 is 78.6 Å². The molecule has 52 heavy (non-hydrogen) atoms. The van der Waals surface area contributed by atoms with Crippen molar-refractivity contribution in [3.8, 4) is 0 Å². The third kappa shape index (κ3) is 11.6. The van der Waals surface area contributed by atoms with Crippen molar-refractivity contribution in [2.24, 2.45) is 0 Å². The van der Waals surface area contributed by atoms with E-state index in [0.717, 1.165) is 0 Å². The molecule has 1 saturated heterocycles. The molecule has 0 N–H and O–H groups in total. The van der Waals surface area contributed by atoms with Crippen LogP contribution in [0.4, 0.5) is 15.4 Å². The fourth-order valence-electron chi connectivity index (χ4n) is 4.47. The van der Waals surface area contributed by atoms with Crippen LogP contribution in [0.25, 0.3) is 0 Å². The van der Waals surface area contributed by atoms with Gasteiger partial charge in [-0.25, -0.2) is 14.4 Å². The average molecular weight is 786 g/mol. The zero-order chi connectivity index (χ0) is 40.8. The smallest absolute Gasteiger partial charge is 0.425 e. The van der Waals surface area contributed by atoms with Crippen molar-refractivity contribution >= 4 is 43.0 Å². The van der Waals surface area contributed by atoms with Gasteiger partial charge in [0.05, 0.1) is 6.61 Å². The van der Waals surface area contributed by atoms with Crippen LogP contribution in [-0.2, 0) is 27.5 Å². The van der Waals surface area contributed by atoms with Gasteiger partial charge in [0.1, 0.15) is 29.5 Å². The first-order valence-electron chi connectivity index (χ1n) is 18.4. The Morgan fingerprint density at radius 2 is 1.12 bits per heavy atom. The molecule has 1 aromatic heterocycles. The van der Waals surface area contributed by atoms with Gasteiger partial charge in [0, 0.05) is 6.20 Å². The molecule has 0 bridgehead atoms. The molecule has 2 rings (SSSR count). The standard InChI is InChI=1S/C37H71N3O9Si3/c1-33(2,3)46-31(42)40(32(43)47-34(4,5)6)26-22-23-39(30(41)38-26)29-28(49-52(20,21)37(13,14)15)27(48-51(18,19)36(10,11)12)25(45-29)24-44-50(16,17)35(7,8)9/h22-23,25,27-29H,24H2,1-21H3/t25-,27-,28-,29-/m1/s1. The van der Waals surface area contributed by atoms with E-state index >= 15 is 0 Å². The quantitative estimate of drug-likeness (QED) is 0.223. The lowest BCUT2D eigenvalue weighted by atomic mass is 10.1. The van der Waals surface area contributed by atoms with Crippen LogP contribution >= 0.6 is 0 Å². The Kier molecular flexibility index (Phi) is 13.6. The molecule has 12 nitrogen and oxygen atoms in total. The summed E-state index contributed by atoms with van der Waals surface area (Å²) in [5.74, 6) is -0.239. The van der Waals surface area contributed by atoms with Gasteiger partial charge >= 0.3 is 17.9 Å². The summed E-state index contributed by atoms with van der Waals surface area (Å²) >= 11 is 0. The summed E-state index contributed by atoms with van der Waals surface area (Å²) in [6, 6.07) is 1.41. The van der Waals surface area contributed by atoms with Gasteiger partial charge in [-0.3, -0.25) is 4.57 Å². The molecule has 15 heteroatoms. The molecule has 0 spiro atoms. The molecule has 300 valence electrons. The van der Waals surface area contributed by atoms with Crippen LogP contribution in [0, 0.1) is 0 Å². The predicted molar refractivity (Wildman–Crippen MR) is 215 cm³/mol. The Morgan fingerprint density at radius 3 is 1.48 bits per heavy atom. The molecule has 2 amide bonds. The molecule has 1 aromatic rings. The highest BCUT2D eigenvalue weighted by Crippen LogP contribution is 2.46. The van der Waals surface area contributed by atoms with Crippen LogP contribution in [0.15, 0.2) is 17.1 Å². The number of imide groups is 1. The van der Waals surface area contributed by atoms with Gasteiger partial charge in [-0.05, 0) is 102 Å². The SMILES string of the molecule is CC(C)(C)OC(=O)N(C(=O)OC(C)(C)C)c1ccn([C@@H]2O[C@H](CO[Si](C)(C)C(C)(C)C)[C@@H](O[Si](C)(C)C(C)(C)C)[C@H]2O[Si](C)(C)C(C)(C)C)c(=O)n1. The van der Waals surface area contributed by atoms with Crippen LogP contribution < -0.4 is 10.6 Å². The van der Waals surface area contributed by atoms with Crippen LogP contribution in [0.3, 0.4) is 0 Å². The summed E-state index contributed by atoms with van der Waals surface area (Å²) in [6.45, 7) is 43.0. The number of aromatic nitrogens is 2. The molecule has 1 aliphatic rings. The highest BCUT2D eigenvalue weighted by atomic mass is 28.4. The summed E-state index contributed by atoms with van der Waals surface area (Å²) in [5.41, 5.74) is -2.61. The fourth-order valence-corrected chi connectivity index (χ4v) is 8.09. The largest absolute Gasteiger partial charge is 0.443 e. The lowest BCUT2D eigenvalue weighted by Crippen LogP contribution is -2.54. The van der Waals surface area contributed by atoms with Gasteiger partial charge in [0.2, 0.25) is 0 Å². The van der Waals surface area contributed by atoms with E-state index in [0.29, 0.717) is 4.90 Å². The van der Waals surface area contributed by atoms with E-state index in [-0.39, 0.29) is 27.5 Å². The first kappa shape index (κ1) is 46.3. The minimum atomic E-state index is -2.49. The normalized spacial score (nSPS) is 21.2. The van der Waals surface area contributed by atoms with Crippen molar-refractivity contribution in [1.29, 1.82) is 0 Å². The van der Waals surface area contributed by atoms with Gasteiger partial charge in [0.15, 0.2) is 37.0 Å². The second kappa shape index (κ2) is 15.3. The second-order valence-corrected chi connectivity index (χ2v) is 34.9. The number of rotatable bonds is 9. The number of ether oxygens (including phenoxy) is 3. The number of carbonyl (C=O) groups excluding carboxylic acids is 2. The molecule has 0 unspecified atom stereocenters. The molecule has 0 radical (unpaired) electrons. The van der Waals surface area contributed by atoms with E-state index in [4.69, 9.17) is 27.5 Å². The number of carbonyl (C=O) groups is 2. The third-order valence-electron chi connectivity index (χ3n) is 10.6. The van der Waals surface area contributed by atoms with Crippen LogP contribution in [0.1, 0.15) is 110 Å². The topological polar surface area (TPSA) is 128 Å². The maximum Gasteiger partial charge on any atom is 0.425 e. The van der Waals surface area contributed by atoms with Crippen molar-refractivity contribution in [3.05, 3.63) is 22.7 Å². The highest BCUT2D eigenvalue weighted by Gasteiger charge is 2.55. The summed E-state index contributed by atoms with van der Waals surface area (Å²) in [7, 11) is -7.13. The Hall–Kier alpha value is -1.89. The van der Waals surface area contributed by atoms with E-state index in [9.17, 15) is 14.4 Å². The zero-order valence-corrected chi connectivity index (χ0v) is 39.2. The summed E-state index contributed by atoms with van der Waals surface area (Å²) < 4.78 is 40.3. The average Bonchev–Trinajstić information content (AvgIpc) is 3.19. The van der Waals surface area contributed by atoms with Crippen molar-refractivity contribution in [1.82, 2.24) is 9.55 Å². The van der Waals surface area contributed by atoms with Crippen LogP contribution in [-0.4, -0.2) is 82.8 Å². The Bertz CT molecular complexity index is 1450. The second-order valence-electron chi connectivity index (χ2n) is 20.6. The summed E-state index contributed by atoms with van der Waals surface area (Å²) in [4.78, 5) is 45.7. The maximum atomic E-state index is 14.1. The Balaban J connectivity index is 2.80. The molecular formula is C37H71N3O9Si3. The molecule has 2 heterocycles. The zero-order valence-electron chi connectivity index (χ0n) is 36.2. The molecule has 4 atom stereocenters. The minimum absolute atomic E-state index is 0.0390. The summed E-state index contributed by atoms with van der Waals surface area (Å²) in [5, 5.41) is -0.323. The van der Waals surface area contributed by atoms with E-state index in [2.05, 4.69) is 107 Å². The molecule has 0 saturated carbocycles. The maximum absolute atomic E-state index is 14.1. The highest BCUT2D eigenvalue weighted by molar-refractivity contribution is 6.75. The number of anilines is 1. The van der Waals surface area contributed by atoms with Crippen molar-refractivity contribution < 1.29 is 37.1 Å². The first-order chi connectivity index (χ1) is 22.9. The molecular weight excluding hydrogens is 715 g/mol. The third-order valence-corrected chi connectivity index (χ3v) is 24.1. The predicted octanol–water partition coefficient (Wildman–Crippen LogP) is 9.62. The molecule has 1 fully saturated rings. The van der Waals surface area contributed by atoms with Gasteiger partial charge in [-0.15, -0.1) is 0 Å². The van der Waals surface area contributed by atoms with Gasteiger partial charge in [-0.2, -0.15) is 9.88 Å². The molecule has 0 aromatic carbocycles. The van der Waals surface area contributed by atoms with Gasteiger partial charge in [0.25, 0.3) is 0 Å². The molecule has 0 aliphatic carbocycles. The molecule has 1 aliphatic heterocycles. The lowest BCUT2D eigenvalue weighted by molar-refractivity contribution is -0.0509. The minimum Gasteiger partial charge on any atom is -0.443 e. The van der Waals surface area contributed by atoms with Gasteiger partial charge < -0.3 is 27.5 Å². The summed E-state index contributed by atoms with van der Waals surface area (Å²) in [6.07, 6.45) is -3.32. The van der Waals surface area contributed by atoms with Crippen molar-refractivity contribution in [2.45, 2.75) is 194 Å². The number of hydrogen-bond donors (Lipinski definition) is 0. The number of hydrogen-bond acceptors (Lipinski definition) is 10. The number of amides is 2. The Labute approximate surface area is 317 Å².